The van der Waals surface area contributed by atoms with Crippen LogP contribution in [0.3, 0.4) is 0 Å². The maximum Gasteiger partial charge on any atom is 0.225 e. The summed E-state index contributed by atoms with van der Waals surface area (Å²) < 4.78 is 0. The fourth-order valence-corrected chi connectivity index (χ4v) is 3.62. The molecule has 2 bridgehead atoms. The van der Waals surface area contributed by atoms with Crippen molar-refractivity contribution in [2.24, 2.45) is 17.8 Å². The molecule has 0 aliphatic heterocycles. The predicted octanol–water partition coefficient (Wildman–Crippen LogP) is 3.50. The first-order valence-corrected chi connectivity index (χ1v) is 7.00. The van der Waals surface area contributed by atoms with Gasteiger partial charge in [-0.3, -0.25) is 4.79 Å². The molecule has 3 rings (SSSR count). The van der Waals surface area contributed by atoms with Crippen molar-refractivity contribution in [3.63, 3.8) is 0 Å². The van der Waals surface area contributed by atoms with Crippen molar-refractivity contribution >= 4 is 23.3 Å². The van der Waals surface area contributed by atoms with Crippen LogP contribution < -0.4 is 5.32 Å². The van der Waals surface area contributed by atoms with Gasteiger partial charge in [-0.25, -0.2) is 4.98 Å². The van der Waals surface area contributed by atoms with E-state index in [0.717, 1.165) is 11.8 Å². The third-order valence-corrected chi connectivity index (χ3v) is 4.55. The number of halogens is 1. The van der Waals surface area contributed by atoms with Crippen LogP contribution in [0, 0.1) is 17.8 Å². The molecule has 2 saturated carbocycles. The molecule has 0 aromatic carbocycles. The Balaban J connectivity index is 1.54. The summed E-state index contributed by atoms with van der Waals surface area (Å²) in [5.41, 5.74) is 0. The number of aromatic nitrogens is 1. The predicted molar refractivity (Wildman–Crippen MR) is 71.4 cm³/mol. The summed E-state index contributed by atoms with van der Waals surface area (Å²) in [7, 11) is 0. The van der Waals surface area contributed by atoms with Crippen LogP contribution in [0.4, 0.5) is 5.82 Å². The van der Waals surface area contributed by atoms with Gasteiger partial charge >= 0.3 is 0 Å². The number of fused-ring (bicyclic) bond motifs is 2. The van der Waals surface area contributed by atoms with Gasteiger partial charge in [-0.1, -0.05) is 18.0 Å². The Bertz CT molecular complexity index is 446. The molecule has 0 unspecified atom stereocenters. The number of nitrogens with one attached hydrogen (secondary N) is 1. The number of amides is 1. The van der Waals surface area contributed by atoms with Crippen molar-refractivity contribution in [1.82, 2.24) is 4.98 Å². The SMILES string of the molecule is O=C(C[C@@H]1C[C@H]2CC[C@H]1C2)Nc1ccc(Cl)cn1. The highest BCUT2D eigenvalue weighted by molar-refractivity contribution is 6.30. The summed E-state index contributed by atoms with van der Waals surface area (Å²) in [6, 6.07) is 3.47. The van der Waals surface area contributed by atoms with E-state index in [1.807, 2.05) is 0 Å². The Hall–Kier alpha value is -1.09. The fraction of sp³-hybridized carbons (Fsp3) is 0.571. The zero-order valence-corrected chi connectivity index (χ0v) is 11.0. The number of hydrogen-bond acceptors (Lipinski definition) is 2. The molecule has 1 amide bonds. The normalized spacial score (nSPS) is 29.5. The smallest absolute Gasteiger partial charge is 0.225 e. The van der Waals surface area contributed by atoms with E-state index >= 15 is 0 Å². The number of carbonyl (C=O) groups is 1. The van der Waals surface area contributed by atoms with Crippen molar-refractivity contribution in [2.45, 2.75) is 32.1 Å². The van der Waals surface area contributed by atoms with E-state index in [-0.39, 0.29) is 5.91 Å². The molecule has 18 heavy (non-hydrogen) atoms. The summed E-state index contributed by atoms with van der Waals surface area (Å²) in [5, 5.41) is 3.43. The van der Waals surface area contributed by atoms with Gasteiger partial charge in [0.15, 0.2) is 0 Å². The van der Waals surface area contributed by atoms with Gasteiger partial charge in [0.05, 0.1) is 5.02 Å². The summed E-state index contributed by atoms with van der Waals surface area (Å²) in [6.07, 6.45) is 7.48. The standard InChI is InChI=1S/C14H17ClN2O/c15-12-3-4-13(16-8-12)17-14(18)7-11-6-9-1-2-10(11)5-9/h3-4,8-11H,1-2,5-7H2,(H,16,17,18)/t9-,10-,11-/m0/s1. The van der Waals surface area contributed by atoms with Crippen molar-refractivity contribution in [2.75, 3.05) is 5.32 Å². The Kier molecular flexibility index (Phi) is 3.25. The van der Waals surface area contributed by atoms with E-state index in [4.69, 9.17) is 11.6 Å². The fourth-order valence-electron chi connectivity index (χ4n) is 3.51. The molecule has 0 spiro atoms. The molecule has 2 aliphatic carbocycles. The second kappa shape index (κ2) is 4.88. The molecule has 1 N–H and O–H groups in total. The number of pyridine rings is 1. The van der Waals surface area contributed by atoms with Crippen LogP contribution >= 0.6 is 11.6 Å². The van der Waals surface area contributed by atoms with Gasteiger partial charge in [0, 0.05) is 12.6 Å². The molecule has 2 fully saturated rings. The van der Waals surface area contributed by atoms with Crippen molar-refractivity contribution in [1.29, 1.82) is 0 Å². The highest BCUT2D eigenvalue weighted by Gasteiger charge is 2.40. The lowest BCUT2D eigenvalue weighted by Crippen LogP contribution is -2.20. The molecule has 96 valence electrons. The van der Waals surface area contributed by atoms with Crippen LogP contribution in [0.15, 0.2) is 18.3 Å². The average Bonchev–Trinajstić information content (AvgIpc) is 2.94. The Labute approximate surface area is 112 Å². The Morgan fingerprint density at radius 2 is 2.28 bits per heavy atom. The largest absolute Gasteiger partial charge is 0.311 e. The molecule has 1 aromatic heterocycles. The summed E-state index contributed by atoms with van der Waals surface area (Å²) >= 11 is 5.75. The van der Waals surface area contributed by atoms with E-state index in [0.29, 0.717) is 23.2 Å². The van der Waals surface area contributed by atoms with Crippen LogP contribution in [0.2, 0.25) is 5.02 Å². The minimum Gasteiger partial charge on any atom is -0.311 e. The maximum absolute atomic E-state index is 11.9. The molecule has 0 radical (unpaired) electrons. The molecule has 1 heterocycles. The monoisotopic (exact) mass is 264 g/mol. The summed E-state index contributed by atoms with van der Waals surface area (Å²) in [6.45, 7) is 0. The minimum atomic E-state index is 0.0855. The Morgan fingerprint density at radius 3 is 2.89 bits per heavy atom. The quantitative estimate of drug-likeness (QED) is 0.908. The van der Waals surface area contributed by atoms with Crippen LogP contribution in [0.1, 0.15) is 32.1 Å². The zero-order chi connectivity index (χ0) is 12.5. The highest BCUT2D eigenvalue weighted by atomic mass is 35.5. The molecule has 1 aromatic rings. The molecule has 2 aliphatic rings. The lowest BCUT2D eigenvalue weighted by Gasteiger charge is -2.20. The number of anilines is 1. The van der Waals surface area contributed by atoms with Crippen LogP contribution in [0.5, 0.6) is 0 Å². The number of nitrogens with zero attached hydrogens (tertiary/aromatic N) is 1. The van der Waals surface area contributed by atoms with Gasteiger partial charge in [0.2, 0.25) is 5.91 Å². The van der Waals surface area contributed by atoms with Gasteiger partial charge in [-0.15, -0.1) is 0 Å². The van der Waals surface area contributed by atoms with E-state index in [1.165, 1.54) is 25.7 Å². The molecule has 3 nitrogen and oxygen atoms in total. The maximum atomic E-state index is 11.9. The van der Waals surface area contributed by atoms with Gasteiger partial charge in [-0.05, 0) is 49.1 Å². The minimum absolute atomic E-state index is 0.0855. The second-order valence-corrected chi connectivity index (χ2v) is 5.99. The van der Waals surface area contributed by atoms with E-state index in [2.05, 4.69) is 10.3 Å². The topological polar surface area (TPSA) is 42.0 Å². The van der Waals surface area contributed by atoms with Gasteiger partial charge in [-0.2, -0.15) is 0 Å². The molecule has 4 heteroatoms. The summed E-state index contributed by atoms with van der Waals surface area (Å²) in [5.74, 6) is 2.95. The van der Waals surface area contributed by atoms with Crippen molar-refractivity contribution in [3.8, 4) is 0 Å². The third kappa shape index (κ3) is 2.51. The number of carbonyl (C=O) groups excluding carboxylic acids is 1. The Morgan fingerprint density at radius 1 is 1.39 bits per heavy atom. The third-order valence-electron chi connectivity index (χ3n) is 4.33. The molecule has 0 saturated heterocycles. The lowest BCUT2D eigenvalue weighted by molar-refractivity contribution is -0.117. The number of hydrogen-bond donors (Lipinski definition) is 1. The second-order valence-electron chi connectivity index (χ2n) is 5.55. The van der Waals surface area contributed by atoms with E-state index < -0.39 is 0 Å². The van der Waals surface area contributed by atoms with Crippen LogP contribution in [-0.4, -0.2) is 10.9 Å². The summed E-state index contributed by atoms with van der Waals surface area (Å²) in [4.78, 5) is 16.0. The molecular weight excluding hydrogens is 248 g/mol. The van der Waals surface area contributed by atoms with Crippen molar-refractivity contribution in [3.05, 3.63) is 23.4 Å². The van der Waals surface area contributed by atoms with Gasteiger partial charge in [0.1, 0.15) is 5.82 Å². The average molecular weight is 265 g/mol. The zero-order valence-electron chi connectivity index (χ0n) is 10.2. The van der Waals surface area contributed by atoms with E-state index in [1.54, 1.807) is 18.3 Å². The molecule has 3 atom stereocenters. The lowest BCUT2D eigenvalue weighted by atomic mass is 9.86. The first kappa shape index (κ1) is 12.0. The van der Waals surface area contributed by atoms with Crippen molar-refractivity contribution < 1.29 is 4.79 Å². The van der Waals surface area contributed by atoms with Crippen LogP contribution in [0.25, 0.3) is 0 Å². The van der Waals surface area contributed by atoms with Crippen LogP contribution in [-0.2, 0) is 4.79 Å². The van der Waals surface area contributed by atoms with Gasteiger partial charge in [0.25, 0.3) is 0 Å². The molecular formula is C14H17ClN2O. The highest BCUT2D eigenvalue weighted by Crippen LogP contribution is 2.49. The first-order chi connectivity index (χ1) is 8.70. The first-order valence-electron chi connectivity index (χ1n) is 6.62. The van der Waals surface area contributed by atoms with Gasteiger partial charge < -0.3 is 5.32 Å². The number of rotatable bonds is 3. The van der Waals surface area contributed by atoms with E-state index in [9.17, 15) is 4.79 Å².